The first kappa shape index (κ1) is 14.5. The van der Waals surface area contributed by atoms with Gasteiger partial charge in [-0.1, -0.05) is 31.9 Å². The summed E-state index contributed by atoms with van der Waals surface area (Å²) in [6, 6.07) is 7.13. The lowest BCUT2D eigenvalue weighted by Gasteiger charge is -2.11. The number of ether oxygens (including phenoxy) is 1. The van der Waals surface area contributed by atoms with Crippen LogP contribution in [-0.4, -0.2) is 24.2 Å². The molecule has 0 saturated heterocycles. The standard InChI is InChI=1S/C14H21NO3/c1-2-3-4-9-18-12-7-5-11(6-8-12)13(10-15)14(16)17/h5-8,13H,2-4,9-10,15H2,1H3,(H,16,17). The van der Waals surface area contributed by atoms with E-state index in [1.807, 2.05) is 0 Å². The molecule has 18 heavy (non-hydrogen) atoms. The number of carboxylic acid groups (broad SMARTS) is 1. The Kier molecular flexibility index (Phi) is 6.22. The lowest BCUT2D eigenvalue weighted by atomic mass is 9.99. The van der Waals surface area contributed by atoms with Crippen molar-refractivity contribution in [3.8, 4) is 5.75 Å². The summed E-state index contributed by atoms with van der Waals surface area (Å²) in [4.78, 5) is 10.9. The predicted octanol–water partition coefficient (Wildman–Crippen LogP) is 2.38. The maximum atomic E-state index is 10.9. The third-order valence-electron chi connectivity index (χ3n) is 2.83. The molecule has 0 aromatic heterocycles. The summed E-state index contributed by atoms with van der Waals surface area (Å²) in [5.74, 6) is -0.760. The Morgan fingerprint density at radius 3 is 2.50 bits per heavy atom. The van der Waals surface area contributed by atoms with Gasteiger partial charge in [0.1, 0.15) is 5.75 Å². The number of benzene rings is 1. The second-order valence-corrected chi connectivity index (χ2v) is 4.25. The fourth-order valence-electron chi connectivity index (χ4n) is 1.72. The van der Waals surface area contributed by atoms with Gasteiger partial charge in [-0.2, -0.15) is 0 Å². The van der Waals surface area contributed by atoms with Crippen molar-refractivity contribution in [1.29, 1.82) is 0 Å². The smallest absolute Gasteiger partial charge is 0.312 e. The fourth-order valence-corrected chi connectivity index (χ4v) is 1.72. The Morgan fingerprint density at radius 1 is 1.33 bits per heavy atom. The maximum Gasteiger partial charge on any atom is 0.312 e. The van der Waals surface area contributed by atoms with Crippen molar-refractivity contribution in [2.75, 3.05) is 13.2 Å². The van der Waals surface area contributed by atoms with E-state index in [2.05, 4.69) is 6.92 Å². The first-order chi connectivity index (χ1) is 8.69. The number of unbranched alkanes of at least 4 members (excludes halogenated alkanes) is 2. The molecule has 4 nitrogen and oxygen atoms in total. The van der Waals surface area contributed by atoms with Crippen molar-refractivity contribution in [1.82, 2.24) is 0 Å². The summed E-state index contributed by atoms with van der Waals surface area (Å²) in [5.41, 5.74) is 6.16. The molecular formula is C14H21NO3. The number of hydrogen-bond acceptors (Lipinski definition) is 3. The molecule has 0 radical (unpaired) electrons. The second-order valence-electron chi connectivity index (χ2n) is 4.25. The van der Waals surface area contributed by atoms with E-state index in [0.717, 1.165) is 18.6 Å². The van der Waals surface area contributed by atoms with E-state index in [4.69, 9.17) is 15.6 Å². The fraction of sp³-hybridized carbons (Fsp3) is 0.500. The highest BCUT2D eigenvalue weighted by Crippen LogP contribution is 2.19. The van der Waals surface area contributed by atoms with Crippen LogP contribution < -0.4 is 10.5 Å². The highest BCUT2D eigenvalue weighted by molar-refractivity contribution is 5.76. The van der Waals surface area contributed by atoms with E-state index in [9.17, 15) is 4.79 Å². The minimum absolute atomic E-state index is 0.103. The quantitative estimate of drug-likeness (QED) is 0.696. The molecule has 0 fully saturated rings. The predicted molar refractivity (Wildman–Crippen MR) is 70.9 cm³/mol. The van der Waals surface area contributed by atoms with Crippen molar-refractivity contribution in [3.63, 3.8) is 0 Å². The molecule has 0 aliphatic heterocycles. The number of aliphatic carboxylic acids is 1. The van der Waals surface area contributed by atoms with Crippen LogP contribution in [0.15, 0.2) is 24.3 Å². The van der Waals surface area contributed by atoms with Crippen LogP contribution in [0.5, 0.6) is 5.75 Å². The third kappa shape index (κ3) is 4.37. The van der Waals surface area contributed by atoms with Crippen molar-refractivity contribution in [2.24, 2.45) is 5.73 Å². The van der Waals surface area contributed by atoms with Crippen molar-refractivity contribution in [2.45, 2.75) is 32.1 Å². The highest BCUT2D eigenvalue weighted by Gasteiger charge is 2.17. The van der Waals surface area contributed by atoms with Crippen LogP contribution in [-0.2, 0) is 4.79 Å². The number of nitrogens with two attached hydrogens (primary N) is 1. The summed E-state index contributed by atoms with van der Waals surface area (Å²) in [5, 5.41) is 8.99. The molecule has 0 heterocycles. The summed E-state index contributed by atoms with van der Waals surface area (Å²) in [6.07, 6.45) is 3.37. The average molecular weight is 251 g/mol. The van der Waals surface area contributed by atoms with Gasteiger partial charge >= 0.3 is 5.97 Å². The SMILES string of the molecule is CCCCCOc1ccc(C(CN)C(=O)O)cc1. The monoisotopic (exact) mass is 251 g/mol. The molecular weight excluding hydrogens is 230 g/mol. The Balaban J connectivity index is 2.54. The molecule has 1 rings (SSSR count). The van der Waals surface area contributed by atoms with E-state index in [0.29, 0.717) is 12.2 Å². The average Bonchev–Trinajstić information content (AvgIpc) is 2.37. The van der Waals surface area contributed by atoms with Gasteiger partial charge < -0.3 is 15.6 Å². The van der Waals surface area contributed by atoms with E-state index in [-0.39, 0.29) is 6.54 Å². The molecule has 0 aliphatic rings. The molecule has 0 amide bonds. The van der Waals surface area contributed by atoms with Crippen molar-refractivity contribution < 1.29 is 14.6 Å². The van der Waals surface area contributed by atoms with Crippen LogP contribution in [0.4, 0.5) is 0 Å². The highest BCUT2D eigenvalue weighted by atomic mass is 16.5. The van der Waals surface area contributed by atoms with Crippen LogP contribution in [0.1, 0.15) is 37.7 Å². The number of rotatable bonds is 8. The van der Waals surface area contributed by atoms with Crippen LogP contribution in [0, 0.1) is 0 Å². The van der Waals surface area contributed by atoms with Gasteiger partial charge in [0.2, 0.25) is 0 Å². The Labute approximate surface area is 108 Å². The number of carboxylic acids is 1. The lowest BCUT2D eigenvalue weighted by molar-refractivity contribution is -0.138. The Bertz CT molecular complexity index is 362. The van der Waals surface area contributed by atoms with E-state index in [1.54, 1.807) is 24.3 Å². The zero-order chi connectivity index (χ0) is 13.4. The molecule has 100 valence electrons. The van der Waals surface area contributed by atoms with Crippen molar-refractivity contribution in [3.05, 3.63) is 29.8 Å². The molecule has 0 saturated carbocycles. The lowest BCUT2D eigenvalue weighted by Crippen LogP contribution is -2.20. The number of hydrogen-bond donors (Lipinski definition) is 2. The van der Waals surface area contributed by atoms with E-state index < -0.39 is 11.9 Å². The van der Waals surface area contributed by atoms with Gasteiger partial charge in [0.05, 0.1) is 12.5 Å². The van der Waals surface area contributed by atoms with Crippen LogP contribution in [0.2, 0.25) is 0 Å². The minimum atomic E-state index is -0.894. The molecule has 0 spiro atoms. The normalized spacial score (nSPS) is 12.1. The van der Waals surface area contributed by atoms with Crippen molar-refractivity contribution >= 4 is 5.97 Å². The third-order valence-corrected chi connectivity index (χ3v) is 2.83. The molecule has 1 aromatic rings. The molecule has 4 heteroatoms. The molecule has 1 atom stereocenters. The summed E-state index contributed by atoms with van der Waals surface area (Å²) in [7, 11) is 0. The maximum absolute atomic E-state index is 10.9. The summed E-state index contributed by atoms with van der Waals surface area (Å²) in [6.45, 7) is 2.95. The van der Waals surface area contributed by atoms with E-state index >= 15 is 0 Å². The minimum Gasteiger partial charge on any atom is -0.494 e. The number of carbonyl (C=O) groups is 1. The van der Waals surface area contributed by atoms with Crippen LogP contribution in [0.25, 0.3) is 0 Å². The van der Waals surface area contributed by atoms with Gasteiger partial charge in [-0.25, -0.2) is 0 Å². The molecule has 0 aliphatic carbocycles. The molecule has 3 N–H and O–H groups in total. The largest absolute Gasteiger partial charge is 0.494 e. The Hall–Kier alpha value is -1.55. The van der Waals surface area contributed by atoms with E-state index in [1.165, 1.54) is 6.42 Å². The Morgan fingerprint density at radius 2 is 2.00 bits per heavy atom. The summed E-state index contributed by atoms with van der Waals surface area (Å²) < 4.78 is 5.56. The van der Waals surface area contributed by atoms with Gasteiger partial charge in [0.25, 0.3) is 0 Å². The topological polar surface area (TPSA) is 72.5 Å². The van der Waals surface area contributed by atoms with Gasteiger partial charge in [-0.15, -0.1) is 0 Å². The zero-order valence-electron chi connectivity index (χ0n) is 10.8. The first-order valence-corrected chi connectivity index (χ1v) is 6.34. The van der Waals surface area contributed by atoms with Gasteiger partial charge in [-0.3, -0.25) is 4.79 Å². The first-order valence-electron chi connectivity index (χ1n) is 6.34. The van der Waals surface area contributed by atoms with Gasteiger partial charge in [0.15, 0.2) is 0 Å². The van der Waals surface area contributed by atoms with Gasteiger partial charge in [-0.05, 0) is 24.1 Å². The van der Waals surface area contributed by atoms with Gasteiger partial charge in [0, 0.05) is 6.54 Å². The summed E-state index contributed by atoms with van der Waals surface area (Å²) >= 11 is 0. The molecule has 0 bridgehead atoms. The molecule has 1 unspecified atom stereocenters. The second kappa shape index (κ2) is 7.71. The van der Waals surface area contributed by atoms with Crippen LogP contribution >= 0.6 is 0 Å². The molecule has 1 aromatic carbocycles. The zero-order valence-corrected chi connectivity index (χ0v) is 10.8. The van der Waals surface area contributed by atoms with Crippen LogP contribution in [0.3, 0.4) is 0 Å².